The van der Waals surface area contributed by atoms with Gasteiger partial charge >= 0.3 is 4.87 Å². The summed E-state index contributed by atoms with van der Waals surface area (Å²) >= 11 is 9.14. The number of amides is 2. The minimum atomic E-state index is -0.316. The fourth-order valence-electron chi connectivity index (χ4n) is 7.05. The van der Waals surface area contributed by atoms with Crippen molar-refractivity contribution < 1.29 is 14.3 Å². The number of nitrogens with one attached hydrogen (secondary N) is 1. The largest absolute Gasteiger partial charge is 0.497 e. The summed E-state index contributed by atoms with van der Waals surface area (Å²) in [7, 11) is 1.59. The van der Waals surface area contributed by atoms with Gasteiger partial charge in [-0.1, -0.05) is 35.1 Å². The first-order chi connectivity index (χ1) is 17.0. The summed E-state index contributed by atoms with van der Waals surface area (Å²) in [6.07, 6.45) is 0.870. The number of fused-ring (bicyclic) bond motifs is 9. The van der Waals surface area contributed by atoms with Crippen LogP contribution in [0, 0.1) is 29.6 Å². The Hall–Kier alpha value is -2.55. The number of halogens is 1. The summed E-state index contributed by atoms with van der Waals surface area (Å²) in [4.78, 5) is 45.1. The zero-order valence-electron chi connectivity index (χ0n) is 18.6. The third-order valence-electron chi connectivity index (χ3n) is 8.28. The van der Waals surface area contributed by atoms with Crippen molar-refractivity contribution in [3.8, 4) is 5.75 Å². The van der Waals surface area contributed by atoms with E-state index in [9.17, 15) is 14.4 Å². The molecule has 2 aliphatic carbocycles. The molecular formula is C26H21ClN2O4S2. The number of thioether (sulfide) groups is 1. The van der Waals surface area contributed by atoms with E-state index in [4.69, 9.17) is 16.3 Å². The van der Waals surface area contributed by atoms with Crippen LogP contribution in [0.4, 0.5) is 5.69 Å². The molecule has 178 valence electrons. The lowest BCUT2D eigenvalue weighted by molar-refractivity contribution is -0.123. The van der Waals surface area contributed by atoms with E-state index >= 15 is 0 Å². The van der Waals surface area contributed by atoms with Gasteiger partial charge in [0.2, 0.25) is 11.8 Å². The van der Waals surface area contributed by atoms with Gasteiger partial charge < -0.3 is 9.72 Å². The Balaban J connectivity index is 1.30. The Labute approximate surface area is 214 Å². The number of anilines is 1. The number of methoxy groups -OCH3 is 1. The molecule has 4 aliphatic rings. The standard InChI is InChI=1S/C26H21ClN2O4S2/c1-33-14-8-6-13(7-9-14)29-24(30)19-15-10-16(20(19)25(29)31)21-18(15)17(11-2-4-12(27)5-3-11)22-23(34-21)28-26(32)35-22/h2-9,15-21H,10H2,1H3,(H,28,32)/t15-,16-,17?,18?,19?,20?,21?/m1/s1. The highest BCUT2D eigenvalue weighted by Gasteiger charge is 2.69. The molecule has 6 nitrogen and oxygen atoms in total. The van der Waals surface area contributed by atoms with E-state index in [-0.39, 0.29) is 57.4 Å². The molecule has 35 heavy (non-hydrogen) atoms. The van der Waals surface area contributed by atoms with Crippen LogP contribution in [0.2, 0.25) is 5.02 Å². The lowest BCUT2D eigenvalue weighted by Crippen LogP contribution is -2.42. The number of carbonyl (C=O) groups excluding carboxylic acids is 2. The maximum Gasteiger partial charge on any atom is 0.305 e. The van der Waals surface area contributed by atoms with Gasteiger partial charge in [0.15, 0.2) is 0 Å². The molecule has 7 atom stereocenters. The van der Waals surface area contributed by atoms with E-state index in [0.717, 1.165) is 21.9 Å². The molecule has 7 rings (SSSR count). The molecule has 2 aromatic carbocycles. The molecule has 3 aromatic rings. The Morgan fingerprint density at radius 3 is 2.34 bits per heavy atom. The second-order valence-corrected chi connectivity index (χ2v) is 12.4. The van der Waals surface area contributed by atoms with Gasteiger partial charge in [-0.2, -0.15) is 0 Å². The van der Waals surface area contributed by atoms with E-state index in [2.05, 4.69) is 4.98 Å². The van der Waals surface area contributed by atoms with Gasteiger partial charge in [-0.3, -0.25) is 19.3 Å². The van der Waals surface area contributed by atoms with Gasteiger partial charge in [-0.25, -0.2) is 0 Å². The number of hydrogen-bond donors (Lipinski definition) is 1. The van der Waals surface area contributed by atoms with Crippen LogP contribution in [-0.4, -0.2) is 29.2 Å². The fraction of sp³-hybridized carbons (Fsp3) is 0.346. The van der Waals surface area contributed by atoms with E-state index in [1.165, 1.54) is 16.2 Å². The Morgan fingerprint density at radius 2 is 1.66 bits per heavy atom. The smallest absolute Gasteiger partial charge is 0.305 e. The molecule has 1 saturated heterocycles. The maximum absolute atomic E-state index is 13.8. The molecular weight excluding hydrogens is 504 g/mol. The SMILES string of the molecule is COc1ccc(N2C(=O)C3C(C2=O)[C@@H]2C[C@H]3C3Sc4[nH]c(=O)sc4C(c4ccc(Cl)cc4)C32)cc1. The summed E-state index contributed by atoms with van der Waals surface area (Å²) in [6, 6.07) is 14.9. The number of aromatic amines is 1. The van der Waals surface area contributed by atoms with Crippen LogP contribution in [0.1, 0.15) is 22.8 Å². The molecule has 1 N–H and O–H groups in total. The number of H-pyrrole nitrogens is 1. The van der Waals surface area contributed by atoms with Gasteiger partial charge in [0.05, 0.1) is 29.7 Å². The van der Waals surface area contributed by atoms with Crippen LogP contribution in [-0.2, 0) is 9.59 Å². The number of aromatic nitrogens is 1. The second-order valence-electron chi connectivity index (χ2n) is 9.72. The number of hydrogen-bond acceptors (Lipinski definition) is 6. The molecule has 3 fully saturated rings. The maximum atomic E-state index is 13.8. The minimum Gasteiger partial charge on any atom is -0.497 e. The number of benzene rings is 2. The van der Waals surface area contributed by atoms with E-state index in [1.807, 2.05) is 24.3 Å². The molecule has 2 saturated carbocycles. The van der Waals surface area contributed by atoms with Gasteiger partial charge in [0.25, 0.3) is 0 Å². The van der Waals surface area contributed by atoms with Gasteiger partial charge in [0.1, 0.15) is 5.75 Å². The zero-order valence-corrected chi connectivity index (χ0v) is 21.0. The number of thiazole rings is 1. The van der Waals surface area contributed by atoms with Crippen molar-refractivity contribution in [2.45, 2.75) is 22.6 Å². The van der Waals surface area contributed by atoms with Crippen molar-refractivity contribution in [2.75, 3.05) is 12.0 Å². The van der Waals surface area contributed by atoms with E-state index in [1.54, 1.807) is 43.1 Å². The molecule has 3 heterocycles. The van der Waals surface area contributed by atoms with Crippen LogP contribution >= 0.6 is 34.7 Å². The van der Waals surface area contributed by atoms with Crippen molar-refractivity contribution in [1.29, 1.82) is 0 Å². The monoisotopic (exact) mass is 524 g/mol. The molecule has 9 heteroatoms. The highest BCUT2D eigenvalue weighted by molar-refractivity contribution is 8.00. The lowest BCUT2D eigenvalue weighted by Gasteiger charge is -2.43. The van der Waals surface area contributed by atoms with Gasteiger partial charge in [-0.15, -0.1) is 11.8 Å². The normalized spacial score (nSPS) is 32.5. The molecule has 2 aliphatic heterocycles. The zero-order chi connectivity index (χ0) is 24.0. The summed E-state index contributed by atoms with van der Waals surface area (Å²) in [5.41, 5.74) is 1.71. The predicted molar refractivity (Wildman–Crippen MR) is 135 cm³/mol. The van der Waals surface area contributed by atoms with Crippen LogP contribution in [0.3, 0.4) is 0 Å². The predicted octanol–water partition coefficient (Wildman–Crippen LogP) is 4.78. The first kappa shape index (κ1) is 21.7. The highest BCUT2D eigenvalue weighted by Crippen LogP contribution is 2.68. The second kappa shape index (κ2) is 7.72. The van der Waals surface area contributed by atoms with Crippen molar-refractivity contribution in [3.63, 3.8) is 0 Å². The lowest BCUT2D eigenvalue weighted by atomic mass is 9.68. The van der Waals surface area contributed by atoms with Crippen molar-refractivity contribution in [2.24, 2.45) is 29.6 Å². The number of imide groups is 1. The van der Waals surface area contributed by atoms with Crippen LogP contribution < -0.4 is 14.5 Å². The molecule has 2 bridgehead atoms. The summed E-state index contributed by atoms with van der Waals surface area (Å²) in [5, 5.41) is 1.75. The van der Waals surface area contributed by atoms with E-state index < -0.39 is 0 Å². The molecule has 0 radical (unpaired) electrons. The van der Waals surface area contributed by atoms with Crippen LogP contribution in [0.15, 0.2) is 58.4 Å². The van der Waals surface area contributed by atoms with Gasteiger partial charge in [-0.05, 0) is 66.1 Å². The summed E-state index contributed by atoms with van der Waals surface area (Å²) < 4.78 is 5.24. The highest BCUT2D eigenvalue weighted by atomic mass is 35.5. The topological polar surface area (TPSA) is 79.5 Å². The van der Waals surface area contributed by atoms with Crippen molar-refractivity contribution in [1.82, 2.24) is 4.98 Å². The van der Waals surface area contributed by atoms with Crippen LogP contribution in [0.25, 0.3) is 0 Å². The number of rotatable bonds is 3. The Morgan fingerprint density at radius 1 is 0.971 bits per heavy atom. The minimum absolute atomic E-state index is 0.00588. The number of ether oxygens (including phenoxy) is 1. The number of nitrogens with zero attached hydrogens (tertiary/aromatic N) is 1. The first-order valence-corrected chi connectivity index (χ1v) is 13.7. The molecule has 1 aromatic heterocycles. The van der Waals surface area contributed by atoms with Crippen molar-refractivity contribution >= 4 is 52.2 Å². The molecule has 2 amide bonds. The fourth-order valence-corrected chi connectivity index (χ4v) is 10.1. The summed E-state index contributed by atoms with van der Waals surface area (Å²) in [6.45, 7) is 0. The summed E-state index contributed by atoms with van der Waals surface area (Å²) in [5.74, 6) is 0.254. The molecule has 5 unspecified atom stereocenters. The third kappa shape index (κ3) is 2.99. The first-order valence-electron chi connectivity index (χ1n) is 11.6. The van der Waals surface area contributed by atoms with E-state index in [0.29, 0.717) is 16.5 Å². The molecule has 0 spiro atoms. The number of carbonyl (C=O) groups is 2. The third-order valence-corrected chi connectivity index (χ3v) is 11.1. The average molecular weight is 525 g/mol. The van der Waals surface area contributed by atoms with Crippen LogP contribution in [0.5, 0.6) is 5.75 Å². The average Bonchev–Trinajstić information content (AvgIpc) is 3.59. The Bertz CT molecular complexity index is 1420. The van der Waals surface area contributed by atoms with Crippen molar-refractivity contribution in [3.05, 3.63) is 73.7 Å². The van der Waals surface area contributed by atoms with Gasteiger partial charge in [0, 0.05) is 21.1 Å². The Kier molecular flexibility index (Phi) is 4.79. The quantitative estimate of drug-likeness (QED) is 0.499.